The summed E-state index contributed by atoms with van der Waals surface area (Å²) >= 11 is 0. The molecule has 1 amide bonds. The largest absolute Gasteiger partial charge is 0.352 e. The van der Waals surface area contributed by atoms with Gasteiger partial charge in [-0.3, -0.25) is 9.52 Å². The van der Waals surface area contributed by atoms with Crippen LogP contribution in [0.1, 0.15) is 23.2 Å². The molecule has 1 heterocycles. The molecule has 2 aromatic carbocycles. The first-order valence-electron chi connectivity index (χ1n) is 8.81. The number of anilines is 1. The highest BCUT2D eigenvalue weighted by Crippen LogP contribution is 2.17. The standard InChI is InChI=1S/C19H22FN3O3S.ClH/c20-16-3-5-17(6-4-16)23-27(25,26)18-7-1-15(2-8-18)19(24)22-12-10-14-9-11-21-13-14;/h1-8,14,21,23H,9-13H2,(H,22,24);1H. The highest BCUT2D eigenvalue weighted by atomic mass is 35.5. The van der Waals surface area contributed by atoms with Crippen LogP contribution >= 0.6 is 12.4 Å². The van der Waals surface area contributed by atoms with Gasteiger partial charge in [0.15, 0.2) is 0 Å². The third-order valence-corrected chi connectivity index (χ3v) is 5.92. The minimum Gasteiger partial charge on any atom is -0.352 e. The first-order valence-corrected chi connectivity index (χ1v) is 10.3. The number of amides is 1. The van der Waals surface area contributed by atoms with E-state index in [1.807, 2.05) is 0 Å². The summed E-state index contributed by atoms with van der Waals surface area (Å²) in [7, 11) is -3.81. The number of benzene rings is 2. The quantitative estimate of drug-likeness (QED) is 0.634. The molecule has 1 atom stereocenters. The van der Waals surface area contributed by atoms with Gasteiger partial charge in [0.1, 0.15) is 5.82 Å². The van der Waals surface area contributed by atoms with Gasteiger partial charge in [0.2, 0.25) is 0 Å². The van der Waals surface area contributed by atoms with Gasteiger partial charge in [0.05, 0.1) is 4.90 Å². The third kappa shape index (κ3) is 5.92. The van der Waals surface area contributed by atoms with Crippen molar-refractivity contribution in [3.63, 3.8) is 0 Å². The van der Waals surface area contributed by atoms with Crippen LogP contribution < -0.4 is 15.4 Å². The van der Waals surface area contributed by atoms with Crippen molar-refractivity contribution in [1.29, 1.82) is 0 Å². The van der Waals surface area contributed by atoms with Gasteiger partial charge in [0, 0.05) is 17.8 Å². The molecule has 1 saturated heterocycles. The van der Waals surface area contributed by atoms with E-state index in [1.54, 1.807) is 0 Å². The zero-order valence-electron chi connectivity index (χ0n) is 15.2. The molecule has 6 nitrogen and oxygen atoms in total. The molecule has 0 radical (unpaired) electrons. The number of hydrogen-bond acceptors (Lipinski definition) is 4. The summed E-state index contributed by atoms with van der Waals surface area (Å²) in [5.41, 5.74) is 0.667. The van der Waals surface area contributed by atoms with Crippen molar-refractivity contribution in [1.82, 2.24) is 10.6 Å². The van der Waals surface area contributed by atoms with Crippen LogP contribution in [0, 0.1) is 11.7 Å². The lowest BCUT2D eigenvalue weighted by atomic mass is 10.1. The van der Waals surface area contributed by atoms with Crippen LogP contribution in [-0.2, 0) is 10.0 Å². The highest BCUT2D eigenvalue weighted by Gasteiger charge is 2.16. The van der Waals surface area contributed by atoms with Gasteiger partial charge < -0.3 is 10.6 Å². The third-order valence-electron chi connectivity index (χ3n) is 4.52. The number of carbonyl (C=O) groups is 1. The van der Waals surface area contributed by atoms with E-state index in [0.29, 0.717) is 18.0 Å². The van der Waals surface area contributed by atoms with Crippen molar-refractivity contribution in [2.75, 3.05) is 24.4 Å². The Morgan fingerprint density at radius 3 is 2.39 bits per heavy atom. The molecule has 1 aliphatic heterocycles. The molecule has 0 saturated carbocycles. The zero-order chi connectivity index (χ0) is 19.3. The Hall–Kier alpha value is -2.16. The number of carbonyl (C=O) groups excluding carboxylic acids is 1. The Morgan fingerprint density at radius 2 is 1.79 bits per heavy atom. The molecule has 3 N–H and O–H groups in total. The molecule has 152 valence electrons. The molecule has 1 unspecified atom stereocenters. The molecule has 1 aliphatic rings. The fraction of sp³-hybridized carbons (Fsp3) is 0.316. The smallest absolute Gasteiger partial charge is 0.261 e. The first-order chi connectivity index (χ1) is 12.9. The van der Waals surface area contributed by atoms with E-state index in [0.717, 1.165) is 25.9 Å². The Morgan fingerprint density at radius 1 is 1.11 bits per heavy atom. The Labute approximate surface area is 170 Å². The van der Waals surface area contributed by atoms with E-state index < -0.39 is 15.8 Å². The van der Waals surface area contributed by atoms with E-state index in [1.165, 1.54) is 48.5 Å². The molecule has 28 heavy (non-hydrogen) atoms. The average molecular weight is 428 g/mol. The maximum absolute atomic E-state index is 12.9. The first kappa shape index (κ1) is 22.1. The Bertz CT molecular complexity index is 884. The van der Waals surface area contributed by atoms with Gasteiger partial charge in [-0.25, -0.2) is 12.8 Å². The normalized spacial score (nSPS) is 16.2. The van der Waals surface area contributed by atoms with Crippen LogP contribution in [-0.4, -0.2) is 34.0 Å². The molecule has 0 spiro atoms. The van der Waals surface area contributed by atoms with Crippen molar-refractivity contribution in [2.45, 2.75) is 17.7 Å². The summed E-state index contributed by atoms with van der Waals surface area (Å²) in [6.07, 6.45) is 2.05. The lowest BCUT2D eigenvalue weighted by Gasteiger charge is -2.10. The van der Waals surface area contributed by atoms with E-state index >= 15 is 0 Å². The van der Waals surface area contributed by atoms with E-state index in [2.05, 4.69) is 15.4 Å². The maximum atomic E-state index is 12.9. The van der Waals surface area contributed by atoms with Crippen LogP contribution in [0.5, 0.6) is 0 Å². The highest BCUT2D eigenvalue weighted by molar-refractivity contribution is 7.92. The van der Waals surface area contributed by atoms with Gasteiger partial charge in [-0.2, -0.15) is 0 Å². The van der Waals surface area contributed by atoms with Crippen molar-refractivity contribution >= 4 is 34.0 Å². The fourth-order valence-corrected chi connectivity index (χ4v) is 4.03. The predicted octanol–water partition coefficient (Wildman–Crippen LogP) is 2.78. The monoisotopic (exact) mass is 427 g/mol. The maximum Gasteiger partial charge on any atom is 0.261 e. The second-order valence-corrected chi connectivity index (χ2v) is 8.22. The number of rotatable bonds is 7. The van der Waals surface area contributed by atoms with Crippen molar-refractivity contribution in [3.05, 3.63) is 59.9 Å². The summed E-state index contributed by atoms with van der Waals surface area (Å²) in [5.74, 6) is -0.0794. The van der Waals surface area contributed by atoms with E-state index in [9.17, 15) is 17.6 Å². The molecule has 0 bridgehead atoms. The Kier molecular flexibility index (Phi) is 7.79. The predicted molar refractivity (Wildman–Crippen MR) is 109 cm³/mol. The molecule has 0 aliphatic carbocycles. The molecular formula is C19H23ClFN3O3S. The second-order valence-electron chi connectivity index (χ2n) is 6.54. The SMILES string of the molecule is Cl.O=C(NCCC1CCNC1)c1ccc(S(=O)(=O)Nc2ccc(F)cc2)cc1. The minimum atomic E-state index is -3.81. The summed E-state index contributed by atoms with van der Waals surface area (Å²) in [4.78, 5) is 12.2. The second kappa shape index (κ2) is 9.86. The lowest BCUT2D eigenvalue weighted by molar-refractivity contribution is 0.0951. The lowest BCUT2D eigenvalue weighted by Crippen LogP contribution is -2.26. The van der Waals surface area contributed by atoms with Gasteiger partial charge in [-0.15, -0.1) is 12.4 Å². The minimum absolute atomic E-state index is 0. The van der Waals surface area contributed by atoms with Crippen molar-refractivity contribution < 1.29 is 17.6 Å². The van der Waals surface area contributed by atoms with Crippen LogP contribution in [0.25, 0.3) is 0 Å². The number of nitrogens with one attached hydrogen (secondary N) is 3. The average Bonchev–Trinajstić information content (AvgIpc) is 3.17. The summed E-state index contributed by atoms with van der Waals surface area (Å²) < 4.78 is 40.0. The van der Waals surface area contributed by atoms with Gasteiger partial charge in [0.25, 0.3) is 15.9 Å². The van der Waals surface area contributed by atoms with Crippen LogP contribution in [0.3, 0.4) is 0 Å². The molecule has 2 aromatic rings. The van der Waals surface area contributed by atoms with E-state index in [4.69, 9.17) is 0 Å². The Balaban J connectivity index is 0.00000280. The van der Waals surface area contributed by atoms with Gasteiger partial charge in [-0.1, -0.05) is 0 Å². The summed E-state index contributed by atoms with van der Waals surface area (Å²) in [6.45, 7) is 2.61. The van der Waals surface area contributed by atoms with Crippen LogP contribution in [0.15, 0.2) is 53.4 Å². The zero-order valence-corrected chi connectivity index (χ0v) is 16.8. The topological polar surface area (TPSA) is 87.3 Å². The van der Waals surface area contributed by atoms with Gasteiger partial charge in [-0.05, 0) is 80.4 Å². The molecule has 0 aromatic heterocycles. The van der Waals surface area contributed by atoms with E-state index in [-0.39, 0.29) is 28.9 Å². The van der Waals surface area contributed by atoms with Crippen molar-refractivity contribution in [2.24, 2.45) is 5.92 Å². The molecule has 9 heteroatoms. The van der Waals surface area contributed by atoms with Crippen LogP contribution in [0.2, 0.25) is 0 Å². The molecular weight excluding hydrogens is 405 g/mol. The number of sulfonamides is 1. The number of halogens is 2. The summed E-state index contributed by atoms with van der Waals surface area (Å²) in [6, 6.07) is 10.7. The molecule has 1 fully saturated rings. The summed E-state index contributed by atoms with van der Waals surface area (Å²) in [5, 5.41) is 6.15. The van der Waals surface area contributed by atoms with Crippen LogP contribution in [0.4, 0.5) is 10.1 Å². The number of hydrogen-bond donors (Lipinski definition) is 3. The van der Waals surface area contributed by atoms with Crippen molar-refractivity contribution in [3.8, 4) is 0 Å². The molecule has 3 rings (SSSR count). The van der Waals surface area contributed by atoms with Gasteiger partial charge >= 0.3 is 0 Å². The fourth-order valence-electron chi connectivity index (χ4n) is 2.97.